The summed E-state index contributed by atoms with van der Waals surface area (Å²) in [6.45, 7) is 6.50. The molecule has 6 N–H and O–H groups in total. The molecule has 8 nitrogen and oxygen atoms in total. The molecule has 150 valence electrons. The molecule has 28 heavy (non-hydrogen) atoms. The monoisotopic (exact) mass is 404 g/mol. The number of nitrogens with zero attached hydrogens (tertiary/aromatic N) is 3. The maximum absolute atomic E-state index is 11.7. The van der Waals surface area contributed by atoms with Crippen molar-refractivity contribution in [2.75, 3.05) is 11.9 Å². The molecule has 0 spiro atoms. The second-order valence-corrected chi connectivity index (χ2v) is 8.57. The molecule has 1 aromatic heterocycles. The first-order valence-corrected chi connectivity index (χ1v) is 9.38. The molecule has 2 unspecified atom stereocenters. The van der Waals surface area contributed by atoms with Crippen molar-refractivity contribution < 1.29 is 9.90 Å². The molecule has 1 aromatic carbocycles. The van der Waals surface area contributed by atoms with Crippen LogP contribution in [0.3, 0.4) is 0 Å². The Balaban J connectivity index is 1.99. The number of amides is 1. The van der Waals surface area contributed by atoms with Crippen LogP contribution in [0, 0.1) is 5.41 Å². The maximum Gasteiger partial charge on any atom is 0.407 e. The molecule has 1 aliphatic heterocycles. The third kappa shape index (κ3) is 3.91. The number of rotatable bonds is 3. The highest BCUT2D eigenvalue weighted by molar-refractivity contribution is 6.31. The number of hydrogen-bond acceptors (Lipinski definition) is 5. The lowest BCUT2D eigenvalue weighted by Crippen LogP contribution is -2.42. The van der Waals surface area contributed by atoms with Gasteiger partial charge in [0.1, 0.15) is 11.5 Å². The number of carbonyl (C=O) groups is 1. The number of likely N-dealkylation sites (tertiary alicyclic amines) is 1. The van der Waals surface area contributed by atoms with E-state index < -0.39 is 6.09 Å². The Labute approximate surface area is 168 Å². The normalized spacial score (nSPS) is 20.6. The summed E-state index contributed by atoms with van der Waals surface area (Å²) in [5.74, 6) is 6.01. The van der Waals surface area contributed by atoms with Crippen LogP contribution in [0.1, 0.15) is 32.9 Å². The van der Waals surface area contributed by atoms with Gasteiger partial charge >= 0.3 is 6.09 Å². The average Bonchev–Trinajstić information content (AvgIpc) is 3.06. The van der Waals surface area contributed by atoms with E-state index in [-0.39, 0.29) is 23.3 Å². The molecule has 9 heteroatoms. The molecule has 0 bridgehead atoms. The quantitative estimate of drug-likeness (QED) is 0.269. The number of hydrazone groups is 1. The zero-order valence-corrected chi connectivity index (χ0v) is 16.9. The second-order valence-electron chi connectivity index (χ2n) is 8.13. The molecule has 1 amide bonds. The van der Waals surface area contributed by atoms with Crippen LogP contribution < -0.4 is 16.9 Å². The molecule has 2 aromatic rings. The number of aromatic nitrogens is 1. The van der Waals surface area contributed by atoms with Crippen molar-refractivity contribution in [3.63, 3.8) is 0 Å². The van der Waals surface area contributed by atoms with Gasteiger partial charge in [-0.25, -0.2) is 9.78 Å². The lowest BCUT2D eigenvalue weighted by Gasteiger charge is -2.32. The standard InChI is InChI=1S/C19H25ClN6O2/c1-19(2,3)15-8-12(9-26(15)18(27)28)23-17-13-7-11(20)5-4-10(13)6-14(24-17)16(21)25-22/h4-7,12,15H,8-9,22H2,1-3H3,(H2,21,25)(H,23,24)(H,27,28). The van der Waals surface area contributed by atoms with Crippen LogP contribution in [0.5, 0.6) is 0 Å². The average molecular weight is 405 g/mol. The van der Waals surface area contributed by atoms with E-state index in [9.17, 15) is 9.90 Å². The topological polar surface area (TPSA) is 130 Å². The van der Waals surface area contributed by atoms with Gasteiger partial charge in [0.2, 0.25) is 0 Å². The largest absolute Gasteiger partial charge is 0.465 e. The van der Waals surface area contributed by atoms with Gasteiger partial charge in [-0.15, -0.1) is 0 Å². The summed E-state index contributed by atoms with van der Waals surface area (Å²) in [5, 5.41) is 18.8. The number of fused-ring (bicyclic) bond motifs is 1. The Morgan fingerprint density at radius 1 is 1.39 bits per heavy atom. The van der Waals surface area contributed by atoms with Crippen LogP contribution in [-0.2, 0) is 0 Å². The van der Waals surface area contributed by atoms with Gasteiger partial charge in [-0.1, -0.05) is 38.4 Å². The number of anilines is 1. The first-order chi connectivity index (χ1) is 13.1. The van der Waals surface area contributed by atoms with Gasteiger partial charge in [0.15, 0.2) is 5.84 Å². The molecular formula is C19H25ClN6O2. The van der Waals surface area contributed by atoms with Crippen molar-refractivity contribution in [1.82, 2.24) is 9.88 Å². The van der Waals surface area contributed by atoms with E-state index >= 15 is 0 Å². The summed E-state index contributed by atoms with van der Waals surface area (Å²) in [4.78, 5) is 17.8. The highest BCUT2D eigenvalue weighted by Gasteiger charge is 2.41. The van der Waals surface area contributed by atoms with E-state index in [1.807, 2.05) is 32.9 Å². The fraction of sp³-hybridized carbons (Fsp3) is 0.421. The first-order valence-electron chi connectivity index (χ1n) is 9.00. The molecule has 2 heterocycles. The van der Waals surface area contributed by atoms with E-state index in [2.05, 4.69) is 15.4 Å². The van der Waals surface area contributed by atoms with Crippen molar-refractivity contribution in [2.45, 2.75) is 39.3 Å². The number of hydrogen-bond donors (Lipinski definition) is 4. The minimum absolute atomic E-state index is 0.0960. The number of pyridine rings is 1. The van der Waals surface area contributed by atoms with Gasteiger partial charge in [0.25, 0.3) is 0 Å². The summed E-state index contributed by atoms with van der Waals surface area (Å²) in [6, 6.07) is 7.06. The highest BCUT2D eigenvalue weighted by atomic mass is 35.5. The fourth-order valence-electron chi connectivity index (χ4n) is 3.69. The molecule has 0 saturated carbocycles. The van der Waals surface area contributed by atoms with E-state index in [1.54, 1.807) is 12.1 Å². The van der Waals surface area contributed by atoms with Gasteiger partial charge < -0.3 is 26.9 Å². The van der Waals surface area contributed by atoms with E-state index in [1.165, 1.54) is 4.90 Å². The molecular weight excluding hydrogens is 380 g/mol. The summed E-state index contributed by atoms with van der Waals surface area (Å²) in [5.41, 5.74) is 6.13. The SMILES string of the molecule is CC(C)(C)C1CC(Nc2nc(C(N)=NN)cc3ccc(Cl)cc23)CN1C(=O)O. The predicted octanol–water partition coefficient (Wildman–Crippen LogP) is 3.05. The summed E-state index contributed by atoms with van der Waals surface area (Å²) in [7, 11) is 0. The van der Waals surface area contributed by atoms with Crippen LogP contribution >= 0.6 is 11.6 Å². The third-order valence-electron chi connectivity index (χ3n) is 5.08. The highest BCUT2D eigenvalue weighted by Crippen LogP contribution is 2.35. The summed E-state index contributed by atoms with van der Waals surface area (Å²) >= 11 is 6.17. The van der Waals surface area contributed by atoms with Crippen molar-refractivity contribution in [3.8, 4) is 0 Å². The van der Waals surface area contributed by atoms with Crippen molar-refractivity contribution in [1.29, 1.82) is 0 Å². The van der Waals surface area contributed by atoms with Crippen molar-refractivity contribution in [2.24, 2.45) is 22.1 Å². The molecule has 0 radical (unpaired) electrons. The van der Waals surface area contributed by atoms with Crippen LogP contribution in [0.2, 0.25) is 5.02 Å². The van der Waals surface area contributed by atoms with Crippen LogP contribution in [0.25, 0.3) is 10.8 Å². The smallest absolute Gasteiger partial charge is 0.407 e. The molecule has 1 aliphatic rings. The Morgan fingerprint density at radius 2 is 2.11 bits per heavy atom. The van der Waals surface area contributed by atoms with E-state index in [4.69, 9.17) is 23.2 Å². The number of amidine groups is 1. The van der Waals surface area contributed by atoms with Gasteiger partial charge in [0.05, 0.1) is 0 Å². The van der Waals surface area contributed by atoms with Gasteiger partial charge in [0, 0.05) is 29.0 Å². The Kier molecular flexibility index (Phi) is 5.25. The fourth-order valence-corrected chi connectivity index (χ4v) is 3.87. The lowest BCUT2D eigenvalue weighted by atomic mass is 9.85. The third-order valence-corrected chi connectivity index (χ3v) is 5.32. The molecule has 1 saturated heterocycles. The van der Waals surface area contributed by atoms with E-state index in [0.29, 0.717) is 29.5 Å². The number of carboxylic acid groups (broad SMARTS) is 1. The summed E-state index contributed by atoms with van der Waals surface area (Å²) in [6.07, 6.45) is -0.247. The van der Waals surface area contributed by atoms with Crippen molar-refractivity contribution >= 4 is 40.1 Å². The first kappa shape index (κ1) is 20.0. The van der Waals surface area contributed by atoms with Crippen LogP contribution in [0.4, 0.5) is 10.6 Å². The molecule has 2 atom stereocenters. The Bertz CT molecular complexity index is 940. The van der Waals surface area contributed by atoms with Crippen LogP contribution in [-0.4, -0.2) is 45.5 Å². The van der Waals surface area contributed by atoms with E-state index in [0.717, 1.165) is 10.8 Å². The van der Waals surface area contributed by atoms with Crippen molar-refractivity contribution in [3.05, 3.63) is 35.0 Å². The number of nitrogens with two attached hydrogens (primary N) is 2. The maximum atomic E-state index is 11.7. The van der Waals surface area contributed by atoms with Gasteiger partial charge in [-0.2, -0.15) is 5.10 Å². The zero-order chi connectivity index (χ0) is 20.6. The number of halogens is 1. The summed E-state index contributed by atoms with van der Waals surface area (Å²) < 4.78 is 0. The minimum Gasteiger partial charge on any atom is -0.465 e. The van der Waals surface area contributed by atoms with Gasteiger partial charge in [-0.3, -0.25) is 0 Å². The second kappa shape index (κ2) is 7.35. The van der Waals surface area contributed by atoms with Gasteiger partial charge in [-0.05, 0) is 35.4 Å². The Morgan fingerprint density at radius 3 is 2.68 bits per heavy atom. The number of nitrogens with one attached hydrogen (secondary N) is 1. The Hall–Kier alpha value is -2.74. The molecule has 1 fully saturated rings. The predicted molar refractivity (Wildman–Crippen MR) is 112 cm³/mol. The zero-order valence-electron chi connectivity index (χ0n) is 16.1. The lowest BCUT2D eigenvalue weighted by molar-refractivity contribution is 0.106. The molecule has 0 aliphatic carbocycles. The number of benzene rings is 1. The minimum atomic E-state index is -0.918. The molecule has 3 rings (SSSR count). The van der Waals surface area contributed by atoms with Crippen LogP contribution in [0.15, 0.2) is 29.4 Å².